The molecule has 35 heavy (non-hydrogen) atoms. The van der Waals surface area contributed by atoms with Gasteiger partial charge in [0.25, 0.3) is 11.6 Å². The van der Waals surface area contributed by atoms with E-state index in [-0.39, 0.29) is 31.0 Å². The number of non-ortho nitro benzene ring substituents is 1. The van der Waals surface area contributed by atoms with Crippen LogP contribution in [0.1, 0.15) is 28.9 Å². The summed E-state index contributed by atoms with van der Waals surface area (Å²) in [5, 5.41) is 16.7. The number of nitro benzene ring substituents is 1. The molecule has 4 rings (SSSR count). The summed E-state index contributed by atoms with van der Waals surface area (Å²) in [7, 11) is 1.75. The van der Waals surface area contributed by atoms with Crippen LogP contribution in [0.15, 0.2) is 66.7 Å². The van der Waals surface area contributed by atoms with Gasteiger partial charge in [0.05, 0.1) is 22.7 Å². The highest BCUT2D eigenvalue weighted by atomic mass is 16.7. The summed E-state index contributed by atoms with van der Waals surface area (Å²) in [6.07, 6.45) is 0. The van der Waals surface area contributed by atoms with Crippen molar-refractivity contribution in [2.45, 2.75) is 13.0 Å². The average Bonchev–Trinajstić information content (AvgIpc) is 3.31. The van der Waals surface area contributed by atoms with Crippen molar-refractivity contribution in [2.24, 2.45) is 0 Å². The fourth-order valence-corrected chi connectivity index (χ4v) is 3.67. The van der Waals surface area contributed by atoms with Crippen LogP contribution in [0.25, 0.3) is 0 Å². The van der Waals surface area contributed by atoms with Crippen LogP contribution in [0.2, 0.25) is 0 Å². The summed E-state index contributed by atoms with van der Waals surface area (Å²) in [6, 6.07) is 17.9. The van der Waals surface area contributed by atoms with Crippen molar-refractivity contribution in [1.29, 1.82) is 0 Å². The summed E-state index contributed by atoms with van der Waals surface area (Å²) in [4.78, 5) is 38.1. The van der Waals surface area contributed by atoms with Crippen LogP contribution in [0, 0.1) is 10.1 Å². The van der Waals surface area contributed by atoms with Gasteiger partial charge in [0, 0.05) is 29.9 Å². The third-order valence-corrected chi connectivity index (χ3v) is 5.69. The van der Waals surface area contributed by atoms with Crippen molar-refractivity contribution < 1.29 is 24.0 Å². The molecule has 10 heteroatoms. The maximum absolute atomic E-state index is 12.9. The number of hydrogen-bond donors (Lipinski definition) is 2. The van der Waals surface area contributed by atoms with Crippen molar-refractivity contribution in [3.63, 3.8) is 0 Å². The van der Waals surface area contributed by atoms with E-state index in [0.29, 0.717) is 28.4 Å². The van der Waals surface area contributed by atoms with Gasteiger partial charge in [-0.15, -0.1) is 0 Å². The van der Waals surface area contributed by atoms with Crippen LogP contribution in [0.4, 0.5) is 17.1 Å². The van der Waals surface area contributed by atoms with Crippen molar-refractivity contribution >= 4 is 28.9 Å². The topological polar surface area (TPSA) is 123 Å². The normalized spacial score (nSPS) is 12.8. The quantitative estimate of drug-likeness (QED) is 0.369. The second kappa shape index (κ2) is 10.2. The highest BCUT2D eigenvalue weighted by Crippen LogP contribution is 2.34. The van der Waals surface area contributed by atoms with Crippen LogP contribution < -0.4 is 20.1 Å². The van der Waals surface area contributed by atoms with Crippen LogP contribution >= 0.6 is 0 Å². The van der Waals surface area contributed by atoms with Gasteiger partial charge in [0.2, 0.25) is 12.7 Å². The first kappa shape index (κ1) is 23.7. The monoisotopic (exact) mass is 476 g/mol. The molecular formula is C25H24N4O6. The van der Waals surface area contributed by atoms with Gasteiger partial charge in [-0.3, -0.25) is 24.6 Å². The molecule has 180 valence electrons. The van der Waals surface area contributed by atoms with Crippen molar-refractivity contribution in [1.82, 2.24) is 4.90 Å². The molecular weight excluding hydrogens is 452 g/mol. The Morgan fingerprint density at radius 2 is 1.80 bits per heavy atom. The lowest BCUT2D eigenvalue weighted by molar-refractivity contribution is -0.384. The molecule has 1 heterocycles. The molecule has 1 atom stereocenters. The SMILES string of the molecule is C[C@H](c1cccc([N+](=O)[O-])c1)N(C)CC(=O)Nc1ccccc1C(=O)Nc1ccc2c(c1)OCO2. The Bertz CT molecular complexity index is 1280. The van der Waals surface area contributed by atoms with Gasteiger partial charge in [-0.05, 0) is 43.8 Å². The Balaban J connectivity index is 1.41. The second-order valence-electron chi connectivity index (χ2n) is 8.06. The molecule has 0 saturated heterocycles. The Kier molecular flexibility index (Phi) is 6.93. The number of nitrogens with one attached hydrogen (secondary N) is 2. The van der Waals surface area contributed by atoms with E-state index in [1.807, 2.05) is 6.92 Å². The number of nitrogens with zero attached hydrogens (tertiary/aromatic N) is 2. The zero-order valence-electron chi connectivity index (χ0n) is 19.2. The number of fused-ring (bicyclic) bond motifs is 1. The molecule has 2 N–H and O–H groups in total. The van der Waals surface area contributed by atoms with Crippen LogP contribution in [-0.4, -0.2) is 42.0 Å². The van der Waals surface area contributed by atoms with E-state index in [1.54, 1.807) is 66.5 Å². The highest BCUT2D eigenvalue weighted by molar-refractivity contribution is 6.10. The highest BCUT2D eigenvalue weighted by Gasteiger charge is 2.20. The van der Waals surface area contributed by atoms with Gasteiger partial charge in [-0.1, -0.05) is 24.3 Å². The number of likely N-dealkylation sites (N-methyl/N-ethyl adjacent to an activating group) is 1. The molecule has 3 aromatic carbocycles. The zero-order valence-corrected chi connectivity index (χ0v) is 19.2. The number of hydrogen-bond acceptors (Lipinski definition) is 7. The van der Waals surface area contributed by atoms with Crippen LogP contribution in [0.3, 0.4) is 0 Å². The van der Waals surface area contributed by atoms with Crippen LogP contribution in [0.5, 0.6) is 11.5 Å². The maximum atomic E-state index is 12.9. The minimum atomic E-state index is -0.450. The first-order chi connectivity index (χ1) is 16.8. The third-order valence-electron chi connectivity index (χ3n) is 5.69. The van der Waals surface area contributed by atoms with Gasteiger partial charge >= 0.3 is 0 Å². The third kappa shape index (κ3) is 5.56. The van der Waals surface area contributed by atoms with E-state index < -0.39 is 10.8 Å². The zero-order chi connectivity index (χ0) is 24.9. The summed E-state index contributed by atoms with van der Waals surface area (Å²) in [5.41, 5.74) is 1.92. The van der Waals surface area contributed by atoms with Crippen molar-refractivity contribution in [3.05, 3.63) is 88.0 Å². The van der Waals surface area contributed by atoms with Gasteiger partial charge in [0.15, 0.2) is 11.5 Å². The van der Waals surface area contributed by atoms with Gasteiger partial charge in [-0.2, -0.15) is 0 Å². The number of carbonyl (C=O) groups excluding carboxylic acids is 2. The molecule has 3 aromatic rings. The van der Waals surface area contributed by atoms with E-state index in [4.69, 9.17) is 9.47 Å². The predicted molar refractivity (Wildman–Crippen MR) is 130 cm³/mol. The Hall–Kier alpha value is -4.44. The summed E-state index contributed by atoms with van der Waals surface area (Å²) in [6.45, 7) is 2.01. The number of para-hydroxylation sites is 1. The largest absolute Gasteiger partial charge is 0.454 e. The number of amides is 2. The van der Waals surface area contributed by atoms with Gasteiger partial charge < -0.3 is 20.1 Å². The van der Waals surface area contributed by atoms with Gasteiger partial charge in [-0.25, -0.2) is 0 Å². The van der Waals surface area contributed by atoms with E-state index in [2.05, 4.69) is 10.6 Å². The number of ether oxygens (including phenoxy) is 2. The summed E-state index contributed by atoms with van der Waals surface area (Å²) in [5.74, 6) is 0.440. The number of rotatable bonds is 8. The van der Waals surface area contributed by atoms with E-state index in [1.165, 1.54) is 12.1 Å². The predicted octanol–water partition coefficient (Wildman–Crippen LogP) is 4.21. The average molecular weight is 476 g/mol. The van der Waals surface area contributed by atoms with Crippen LogP contribution in [-0.2, 0) is 4.79 Å². The number of anilines is 2. The molecule has 10 nitrogen and oxygen atoms in total. The van der Waals surface area contributed by atoms with E-state index in [9.17, 15) is 19.7 Å². The molecule has 0 saturated carbocycles. The number of carbonyl (C=O) groups is 2. The lowest BCUT2D eigenvalue weighted by Gasteiger charge is -2.24. The lowest BCUT2D eigenvalue weighted by atomic mass is 10.1. The molecule has 0 spiro atoms. The summed E-state index contributed by atoms with van der Waals surface area (Å²) >= 11 is 0. The number of benzene rings is 3. The number of nitro groups is 1. The lowest BCUT2D eigenvalue weighted by Crippen LogP contribution is -2.32. The molecule has 0 aromatic heterocycles. The minimum Gasteiger partial charge on any atom is -0.454 e. The Labute approximate surface area is 201 Å². The second-order valence-corrected chi connectivity index (χ2v) is 8.06. The van der Waals surface area contributed by atoms with E-state index >= 15 is 0 Å². The first-order valence-electron chi connectivity index (χ1n) is 10.9. The van der Waals surface area contributed by atoms with Crippen molar-refractivity contribution in [3.8, 4) is 11.5 Å². The molecule has 2 amide bonds. The van der Waals surface area contributed by atoms with Crippen molar-refractivity contribution in [2.75, 3.05) is 31.0 Å². The standard InChI is InChI=1S/C25H24N4O6/c1-16(17-6-5-7-19(12-17)29(32)33)28(2)14-24(30)27-21-9-4-3-8-20(21)25(31)26-18-10-11-22-23(13-18)35-15-34-22/h3-13,16H,14-15H2,1-2H3,(H,26,31)(H,27,30)/t16-/m1/s1. The minimum absolute atomic E-state index is 0.00500. The Morgan fingerprint density at radius 3 is 2.60 bits per heavy atom. The molecule has 1 aliphatic heterocycles. The van der Waals surface area contributed by atoms with E-state index in [0.717, 1.165) is 5.56 Å². The first-order valence-corrected chi connectivity index (χ1v) is 10.9. The molecule has 0 radical (unpaired) electrons. The van der Waals surface area contributed by atoms with Gasteiger partial charge in [0.1, 0.15) is 0 Å². The Morgan fingerprint density at radius 1 is 1.03 bits per heavy atom. The maximum Gasteiger partial charge on any atom is 0.269 e. The fourth-order valence-electron chi connectivity index (χ4n) is 3.67. The molecule has 0 fully saturated rings. The molecule has 1 aliphatic rings. The molecule has 0 aliphatic carbocycles. The summed E-state index contributed by atoms with van der Waals surface area (Å²) < 4.78 is 10.6. The molecule has 0 bridgehead atoms. The molecule has 0 unspecified atom stereocenters. The smallest absolute Gasteiger partial charge is 0.269 e. The fraction of sp³-hybridized carbons (Fsp3) is 0.200.